The molecule has 0 amide bonds. The molecular formula is C19H18O4S. The Kier molecular flexibility index (Phi) is 6.63. The number of aldehydes is 1. The highest BCUT2D eigenvalue weighted by atomic mass is 32.2. The van der Waals surface area contributed by atoms with E-state index in [4.69, 9.17) is 9.47 Å². The van der Waals surface area contributed by atoms with Gasteiger partial charge in [0, 0.05) is 4.91 Å². The van der Waals surface area contributed by atoms with Crippen molar-refractivity contribution in [1.29, 1.82) is 0 Å². The second-order valence-electron chi connectivity index (χ2n) is 4.83. The van der Waals surface area contributed by atoms with Gasteiger partial charge in [0.25, 0.3) is 0 Å². The van der Waals surface area contributed by atoms with E-state index in [-0.39, 0.29) is 5.97 Å². The van der Waals surface area contributed by atoms with Gasteiger partial charge in [0.1, 0.15) is 17.3 Å². The molecule has 0 spiro atoms. The van der Waals surface area contributed by atoms with Gasteiger partial charge in [0.05, 0.1) is 14.2 Å². The maximum Gasteiger partial charge on any atom is 0.323 e. The van der Waals surface area contributed by atoms with Crippen LogP contribution < -0.4 is 4.74 Å². The molecule has 1 unspecified atom stereocenters. The lowest BCUT2D eigenvalue weighted by Crippen LogP contribution is -2.11. The van der Waals surface area contributed by atoms with Crippen molar-refractivity contribution in [2.24, 2.45) is 0 Å². The summed E-state index contributed by atoms with van der Waals surface area (Å²) in [6.45, 7) is 0. The molecule has 0 aliphatic carbocycles. The number of methoxy groups -OCH3 is 2. The van der Waals surface area contributed by atoms with Crippen molar-refractivity contribution in [2.75, 3.05) is 14.2 Å². The van der Waals surface area contributed by atoms with Crippen LogP contribution in [0.3, 0.4) is 0 Å². The fourth-order valence-electron chi connectivity index (χ4n) is 2.13. The highest BCUT2D eigenvalue weighted by Gasteiger charge is 2.24. The minimum atomic E-state index is -0.551. The van der Waals surface area contributed by atoms with E-state index in [0.29, 0.717) is 11.2 Å². The third-order valence-corrected chi connectivity index (χ3v) is 4.68. The number of hydrogen-bond donors (Lipinski definition) is 0. The SMILES string of the molecule is COC(=O)C(S/C(=C\C=O)c1ccc(OC)cc1)c1ccccc1. The predicted molar refractivity (Wildman–Crippen MR) is 95.8 cm³/mol. The van der Waals surface area contributed by atoms with Gasteiger partial charge in [-0.3, -0.25) is 9.59 Å². The average Bonchev–Trinajstić information content (AvgIpc) is 2.65. The maximum atomic E-state index is 12.2. The lowest BCUT2D eigenvalue weighted by molar-refractivity contribution is -0.140. The summed E-state index contributed by atoms with van der Waals surface area (Å²) < 4.78 is 10.1. The van der Waals surface area contributed by atoms with E-state index >= 15 is 0 Å². The second kappa shape index (κ2) is 8.93. The summed E-state index contributed by atoms with van der Waals surface area (Å²) in [7, 11) is 2.95. The lowest BCUT2D eigenvalue weighted by atomic mass is 10.1. The zero-order chi connectivity index (χ0) is 17.4. The fourth-order valence-corrected chi connectivity index (χ4v) is 3.28. The molecule has 0 fully saturated rings. The van der Waals surface area contributed by atoms with Crippen LogP contribution in [0, 0.1) is 0 Å². The van der Waals surface area contributed by atoms with Crippen LogP contribution >= 0.6 is 11.8 Å². The summed E-state index contributed by atoms with van der Waals surface area (Å²) in [6, 6.07) is 16.6. The minimum Gasteiger partial charge on any atom is -0.497 e. The minimum absolute atomic E-state index is 0.364. The zero-order valence-corrected chi connectivity index (χ0v) is 14.3. The van der Waals surface area contributed by atoms with Gasteiger partial charge in [-0.05, 0) is 29.3 Å². The maximum absolute atomic E-state index is 12.2. The molecule has 1 atom stereocenters. The van der Waals surface area contributed by atoms with E-state index in [1.807, 2.05) is 54.6 Å². The van der Waals surface area contributed by atoms with Gasteiger partial charge in [0.2, 0.25) is 0 Å². The van der Waals surface area contributed by atoms with Gasteiger partial charge in [-0.25, -0.2) is 0 Å². The standard InChI is InChI=1S/C19H18O4S/c1-22-16-10-8-14(9-11-16)17(12-13-20)24-18(19(21)23-2)15-6-4-3-5-7-15/h3-13,18H,1-2H3/b17-12-. The lowest BCUT2D eigenvalue weighted by Gasteiger charge is -2.17. The Balaban J connectivity index is 2.33. The van der Waals surface area contributed by atoms with Gasteiger partial charge in [-0.15, -0.1) is 11.8 Å². The molecular weight excluding hydrogens is 324 g/mol. The van der Waals surface area contributed by atoms with E-state index < -0.39 is 5.25 Å². The fraction of sp³-hybridized carbons (Fsp3) is 0.158. The molecule has 2 aromatic rings. The number of esters is 1. The summed E-state index contributed by atoms with van der Waals surface area (Å²) in [4.78, 5) is 23.9. The third-order valence-electron chi connectivity index (χ3n) is 3.36. The molecule has 4 nitrogen and oxygen atoms in total. The summed E-state index contributed by atoms with van der Waals surface area (Å²) in [5.74, 6) is 0.360. The molecule has 0 N–H and O–H groups in total. The smallest absolute Gasteiger partial charge is 0.323 e. The van der Waals surface area contributed by atoms with Crippen molar-refractivity contribution >= 4 is 28.9 Å². The largest absolute Gasteiger partial charge is 0.497 e. The Bertz CT molecular complexity index is 708. The highest BCUT2D eigenvalue weighted by Crippen LogP contribution is 2.40. The molecule has 0 aromatic heterocycles. The van der Waals surface area contributed by atoms with Crippen molar-refractivity contribution in [2.45, 2.75) is 5.25 Å². The summed E-state index contributed by atoms with van der Waals surface area (Å²) in [5.41, 5.74) is 1.65. The quantitative estimate of drug-likeness (QED) is 0.434. The summed E-state index contributed by atoms with van der Waals surface area (Å²) in [6.07, 6.45) is 2.16. The van der Waals surface area contributed by atoms with E-state index in [1.54, 1.807) is 7.11 Å². The molecule has 5 heteroatoms. The van der Waals surface area contributed by atoms with Crippen molar-refractivity contribution in [3.8, 4) is 5.75 Å². The molecule has 124 valence electrons. The molecule has 0 radical (unpaired) electrons. The Labute approximate surface area is 145 Å². The number of rotatable bonds is 7. The van der Waals surface area contributed by atoms with Crippen LogP contribution in [0.4, 0.5) is 0 Å². The highest BCUT2D eigenvalue weighted by molar-refractivity contribution is 8.09. The summed E-state index contributed by atoms with van der Waals surface area (Å²) in [5, 5.41) is -0.551. The first-order valence-corrected chi connectivity index (χ1v) is 8.17. The second-order valence-corrected chi connectivity index (χ2v) is 5.97. The van der Waals surface area contributed by atoms with Gasteiger partial charge in [-0.2, -0.15) is 0 Å². The van der Waals surface area contributed by atoms with Gasteiger partial charge in [-0.1, -0.05) is 42.5 Å². The normalized spacial score (nSPS) is 12.3. The molecule has 2 aromatic carbocycles. The van der Waals surface area contributed by atoms with Crippen LogP contribution in [0.15, 0.2) is 60.7 Å². The van der Waals surface area contributed by atoms with Crippen molar-refractivity contribution in [3.63, 3.8) is 0 Å². The molecule has 0 bridgehead atoms. The molecule has 0 saturated carbocycles. The number of ether oxygens (including phenoxy) is 2. The van der Waals surface area contributed by atoms with E-state index in [1.165, 1.54) is 24.9 Å². The molecule has 0 aliphatic rings. The number of allylic oxidation sites excluding steroid dienone is 1. The van der Waals surface area contributed by atoms with Crippen LogP contribution in [0.5, 0.6) is 5.75 Å². The monoisotopic (exact) mass is 342 g/mol. The summed E-state index contributed by atoms with van der Waals surface area (Å²) >= 11 is 1.28. The first-order valence-electron chi connectivity index (χ1n) is 7.29. The van der Waals surface area contributed by atoms with Crippen molar-refractivity contribution in [1.82, 2.24) is 0 Å². The van der Waals surface area contributed by atoms with Gasteiger partial charge in [0.15, 0.2) is 0 Å². The number of benzene rings is 2. The molecule has 24 heavy (non-hydrogen) atoms. The van der Waals surface area contributed by atoms with Crippen molar-refractivity contribution in [3.05, 3.63) is 71.8 Å². The van der Waals surface area contributed by atoms with E-state index in [0.717, 1.165) is 16.9 Å². The van der Waals surface area contributed by atoms with Crippen LogP contribution in [-0.4, -0.2) is 26.5 Å². The first-order chi connectivity index (χ1) is 11.7. The molecule has 0 saturated heterocycles. The van der Waals surface area contributed by atoms with Gasteiger partial charge >= 0.3 is 5.97 Å². The van der Waals surface area contributed by atoms with Gasteiger partial charge < -0.3 is 9.47 Å². The van der Waals surface area contributed by atoms with E-state index in [2.05, 4.69) is 0 Å². The van der Waals surface area contributed by atoms with E-state index in [9.17, 15) is 9.59 Å². The van der Waals surface area contributed by atoms with Crippen molar-refractivity contribution < 1.29 is 19.1 Å². The molecule has 2 rings (SSSR count). The predicted octanol–water partition coefficient (Wildman–Crippen LogP) is 3.88. The molecule has 0 heterocycles. The number of carbonyl (C=O) groups is 2. The van der Waals surface area contributed by atoms with Crippen LogP contribution in [-0.2, 0) is 14.3 Å². The molecule has 0 aliphatic heterocycles. The van der Waals surface area contributed by atoms with Crippen LogP contribution in [0.1, 0.15) is 16.4 Å². The number of carbonyl (C=O) groups excluding carboxylic acids is 2. The first kappa shape index (κ1) is 17.8. The van der Waals surface area contributed by atoms with Crippen LogP contribution in [0.2, 0.25) is 0 Å². The van der Waals surface area contributed by atoms with Crippen LogP contribution in [0.25, 0.3) is 4.91 Å². The third kappa shape index (κ3) is 4.49. The Morgan fingerprint density at radius 1 is 1.04 bits per heavy atom. The Hall–Kier alpha value is -2.53. The number of thioether (sulfide) groups is 1. The number of hydrogen-bond acceptors (Lipinski definition) is 5. The Morgan fingerprint density at radius 3 is 2.25 bits per heavy atom. The Morgan fingerprint density at radius 2 is 1.71 bits per heavy atom. The zero-order valence-electron chi connectivity index (χ0n) is 13.5. The topological polar surface area (TPSA) is 52.6 Å². The average molecular weight is 342 g/mol.